The van der Waals surface area contributed by atoms with Crippen molar-refractivity contribution in [3.8, 4) is 23.3 Å². The van der Waals surface area contributed by atoms with Gasteiger partial charge in [-0.1, -0.05) is 11.6 Å². The van der Waals surface area contributed by atoms with E-state index in [1.54, 1.807) is 12.4 Å². The van der Waals surface area contributed by atoms with Gasteiger partial charge in [-0.3, -0.25) is 9.78 Å². The van der Waals surface area contributed by atoms with Crippen LogP contribution in [0.5, 0.6) is 23.3 Å². The molecule has 2 aromatic heterocycles. The van der Waals surface area contributed by atoms with E-state index in [0.29, 0.717) is 17.7 Å². The molecule has 4 aromatic rings. The fraction of sp³-hybridized carbons (Fsp3) is 0.0476. The zero-order valence-electron chi connectivity index (χ0n) is 15.7. The number of aromatic amines is 1. The van der Waals surface area contributed by atoms with Crippen molar-refractivity contribution in [2.75, 3.05) is 0 Å². The number of ether oxygens (including phenoxy) is 2. The van der Waals surface area contributed by atoms with E-state index in [2.05, 4.69) is 19.9 Å². The third kappa shape index (κ3) is 5.01. The largest absolute Gasteiger partial charge is 0.451 e. The molecular weight excluding hydrogens is 430 g/mol. The number of hydrogen-bond donors (Lipinski definition) is 1. The molecule has 0 aliphatic heterocycles. The topological polar surface area (TPSA) is 90.0 Å². The SMILES string of the molecule is O=c1[nH]c(Oc2ccc(Oc3c(F)cc(Cl)cc3F)cc2)ncc1Cc1cncnc1. The predicted molar refractivity (Wildman–Crippen MR) is 108 cm³/mol. The van der Waals surface area contributed by atoms with Crippen molar-refractivity contribution in [1.82, 2.24) is 19.9 Å². The molecule has 0 unspecified atom stereocenters. The van der Waals surface area contributed by atoms with Crippen LogP contribution in [0.2, 0.25) is 5.02 Å². The number of benzene rings is 2. The molecule has 0 bridgehead atoms. The summed E-state index contributed by atoms with van der Waals surface area (Å²) in [7, 11) is 0. The lowest BCUT2D eigenvalue weighted by Gasteiger charge is -2.09. The molecule has 0 aliphatic rings. The van der Waals surface area contributed by atoms with Gasteiger partial charge in [0.05, 0.1) is 0 Å². The van der Waals surface area contributed by atoms with Crippen LogP contribution in [-0.4, -0.2) is 19.9 Å². The first-order valence-electron chi connectivity index (χ1n) is 8.90. The van der Waals surface area contributed by atoms with Crippen molar-refractivity contribution in [3.63, 3.8) is 0 Å². The lowest BCUT2D eigenvalue weighted by Crippen LogP contribution is -2.14. The summed E-state index contributed by atoms with van der Waals surface area (Å²) in [5, 5.41) is -0.0734. The van der Waals surface area contributed by atoms with E-state index in [9.17, 15) is 13.6 Å². The van der Waals surface area contributed by atoms with Gasteiger partial charge in [0.25, 0.3) is 5.56 Å². The van der Waals surface area contributed by atoms with Gasteiger partial charge in [0.15, 0.2) is 17.4 Å². The Balaban J connectivity index is 1.44. The van der Waals surface area contributed by atoms with Gasteiger partial charge in [-0.25, -0.2) is 23.7 Å². The van der Waals surface area contributed by atoms with Crippen LogP contribution in [0.3, 0.4) is 0 Å². The van der Waals surface area contributed by atoms with Crippen LogP contribution < -0.4 is 15.0 Å². The number of nitrogens with zero attached hydrogens (tertiary/aromatic N) is 3. The average molecular weight is 443 g/mol. The van der Waals surface area contributed by atoms with Crippen LogP contribution in [-0.2, 0) is 6.42 Å². The molecule has 2 aromatic carbocycles. The van der Waals surface area contributed by atoms with Crippen LogP contribution in [0.4, 0.5) is 8.78 Å². The van der Waals surface area contributed by atoms with Crippen LogP contribution in [0.15, 0.2) is 66.1 Å². The zero-order chi connectivity index (χ0) is 21.8. The van der Waals surface area contributed by atoms with Gasteiger partial charge in [0, 0.05) is 35.6 Å². The molecule has 0 saturated heterocycles. The standard InChI is InChI=1S/C21H13ClF2N4O3/c22-14-6-17(23)19(18(24)7-14)30-15-1-3-16(4-2-15)31-21-27-10-13(20(29)28-21)5-12-8-25-11-26-9-12/h1-4,6-11H,5H2,(H,27,28,29). The molecule has 0 amide bonds. The second-order valence-electron chi connectivity index (χ2n) is 6.34. The fourth-order valence-corrected chi connectivity index (χ4v) is 2.85. The predicted octanol–water partition coefficient (Wildman–Crippen LogP) is 4.67. The van der Waals surface area contributed by atoms with Crippen molar-refractivity contribution >= 4 is 11.6 Å². The molecule has 7 nitrogen and oxygen atoms in total. The number of aromatic nitrogens is 4. The summed E-state index contributed by atoms with van der Waals surface area (Å²) in [5.41, 5.74) is 0.841. The molecule has 0 saturated carbocycles. The highest BCUT2D eigenvalue weighted by atomic mass is 35.5. The summed E-state index contributed by atoms with van der Waals surface area (Å²) in [4.78, 5) is 26.7. The maximum absolute atomic E-state index is 13.8. The third-order valence-electron chi connectivity index (χ3n) is 4.08. The van der Waals surface area contributed by atoms with Gasteiger partial charge in [0.1, 0.15) is 17.8 Å². The van der Waals surface area contributed by atoms with Crippen molar-refractivity contribution in [2.45, 2.75) is 6.42 Å². The second kappa shape index (κ2) is 8.88. The van der Waals surface area contributed by atoms with Crippen molar-refractivity contribution < 1.29 is 18.3 Å². The highest BCUT2D eigenvalue weighted by Crippen LogP contribution is 2.31. The Morgan fingerprint density at radius 3 is 2.16 bits per heavy atom. The number of nitrogens with one attached hydrogen (secondary N) is 1. The van der Waals surface area contributed by atoms with E-state index in [0.717, 1.165) is 17.7 Å². The summed E-state index contributed by atoms with van der Waals surface area (Å²) < 4.78 is 38.5. The highest BCUT2D eigenvalue weighted by Gasteiger charge is 2.13. The molecule has 4 rings (SSSR count). The van der Waals surface area contributed by atoms with Gasteiger partial charge in [-0.05, 0) is 42.0 Å². The summed E-state index contributed by atoms with van der Waals surface area (Å²) in [6.45, 7) is 0. The molecule has 0 radical (unpaired) electrons. The van der Waals surface area contributed by atoms with E-state index in [1.165, 1.54) is 36.8 Å². The van der Waals surface area contributed by atoms with Gasteiger partial charge in [-0.15, -0.1) is 0 Å². The first-order chi connectivity index (χ1) is 15.0. The summed E-state index contributed by atoms with van der Waals surface area (Å²) in [6.07, 6.45) is 6.37. The number of hydrogen-bond acceptors (Lipinski definition) is 6. The van der Waals surface area contributed by atoms with Crippen LogP contribution in [0, 0.1) is 11.6 Å². The molecule has 10 heteroatoms. The highest BCUT2D eigenvalue weighted by molar-refractivity contribution is 6.30. The molecule has 0 atom stereocenters. The number of rotatable bonds is 6. The first-order valence-corrected chi connectivity index (χ1v) is 9.28. The van der Waals surface area contributed by atoms with Gasteiger partial charge < -0.3 is 9.47 Å². The van der Waals surface area contributed by atoms with Crippen molar-refractivity contribution in [2.24, 2.45) is 0 Å². The minimum absolute atomic E-state index is 0.0125. The Morgan fingerprint density at radius 1 is 0.935 bits per heavy atom. The van der Waals surface area contributed by atoms with Gasteiger partial charge >= 0.3 is 6.01 Å². The Bertz CT molecular complexity index is 1240. The van der Waals surface area contributed by atoms with Gasteiger partial charge in [-0.2, -0.15) is 0 Å². The monoisotopic (exact) mass is 442 g/mol. The van der Waals surface area contributed by atoms with Crippen molar-refractivity contribution in [1.29, 1.82) is 0 Å². The lowest BCUT2D eigenvalue weighted by atomic mass is 10.1. The van der Waals surface area contributed by atoms with E-state index >= 15 is 0 Å². The molecule has 0 spiro atoms. The average Bonchev–Trinajstić information content (AvgIpc) is 2.74. The molecule has 31 heavy (non-hydrogen) atoms. The molecular formula is C21H13ClF2N4O3. The maximum Gasteiger partial charge on any atom is 0.301 e. The third-order valence-corrected chi connectivity index (χ3v) is 4.30. The van der Waals surface area contributed by atoms with Crippen LogP contribution in [0.25, 0.3) is 0 Å². The summed E-state index contributed by atoms with van der Waals surface area (Å²) in [5.74, 6) is -1.90. The van der Waals surface area contributed by atoms with E-state index < -0.39 is 17.4 Å². The van der Waals surface area contributed by atoms with E-state index in [1.807, 2.05) is 0 Å². The van der Waals surface area contributed by atoms with Crippen molar-refractivity contribution in [3.05, 3.63) is 99.5 Å². The van der Waals surface area contributed by atoms with Gasteiger partial charge in [0.2, 0.25) is 0 Å². The molecule has 2 heterocycles. The summed E-state index contributed by atoms with van der Waals surface area (Å²) in [6, 6.07) is 7.78. The quantitative estimate of drug-likeness (QED) is 0.467. The number of H-pyrrole nitrogens is 1. The van der Waals surface area contributed by atoms with Crippen LogP contribution in [0.1, 0.15) is 11.1 Å². The molecule has 156 valence electrons. The smallest absolute Gasteiger partial charge is 0.301 e. The normalized spacial score (nSPS) is 10.7. The molecule has 1 N–H and O–H groups in total. The van der Waals surface area contributed by atoms with E-state index in [-0.39, 0.29) is 22.3 Å². The minimum Gasteiger partial charge on any atom is -0.451 e. The Kier molecular flexibility index (Phi) is 5.85. The number of halogens is 3. The van der Waals surface area contributed by atoms with Crippen LogP contribution >= 0.6 is 11.6 Å². The lowest BCUT2D eigenvalue weighted by molar-refractivity contribution is 0.405. The summed E-state index contributed by atoms with van der Waals surface area (Å²) >= 11 is 5.60. The minimum atomic E-state index is -0.922. The van der Waals surface area contributed by atoms with E-state index in [4.69, 9.17) is 21.1 Å². The second-order valence-corrected chi connectivity index (χ2v) is 6.78. The maximum atomic E-state index is 13.8. The Hall–Kier alpha value is -3.85. The molecule has 0 fully saturated rings. The fourth-order valence-electron chi connectivity index (χ4n) is 2.66. The Morgan fingerprint density at radius 2 is 1.55 bits per heavy atom. The Labute approximate surface area is 179 Å². The molecule has 0 aliphatic carbocycles. The first kappa shape index (κ1) is 20.4. The zero-order valence-corrected chi connectivity index (χ0v) is 16.4.